The molecule has 0 atom stereocenters. The second kappa shape index (κ2) is 14.8. The predicted octanol–water partition coefficient (Wildman–Crippen LogP) is 17.2. The molecule has 0 spiro atoms. The second-order valence-electron chi connectivity index (χ2n) is 16.0. The fourth-order valence-electron chi connectivity index (χ4n) is 9.54. The van der Waals surface area contributed by atoms with Gasteiger partial charge in [0.2, 0.25) is 0 Å². The highest BCUT2D eigenvalue weighted by Crippen LogP contribution is 2.45. The normalized spacial score (nSPS) is 11.5. The summed E-state index contributed by atoms with van der Waals surface area (Å²) in [5.41, 5.74) is 12.1. The third-order valence-electron chi connectivity index (χ3n) is 12.4. The first kappa shape index (κ1) is 35.7. The van der Waals surface area contributed by atoms with E-state index in [2.05, 4.69) is 235 Å². The van der Waals surface area contributed by atoms with E-state index in [0.29, 0.717) is 0 Å². The topological polar surface area (TPSA) is 16.4 Å². The van der Waals surface area contributed by atoms with Gasteiger partial charge in [0.15, 0.2) is 0 Å². The van der Waals surface area contributed by atoms with Crippen LogP contribution in [0.15, 0.2) is 241 Å². The molecular formula is C60H39NO. The van der Waals surface area contributed by atoms with Crippen LogP contribution in [0, 0.1) is 0 Å². The van der Waals surface area contributed by atoms with Gasteiger partial charge in [-0.2, -0.15) is 0 Å². The second-order valence-corrected chi connectivity index (χ2v) is 16.0. The van der Waals surface area contributed by atoms with Gasteiger partial charge in [-0.1, -0.05) is 182 Å². The summed E-state index contributed by atoms with van der Waals surface area (Å²) in [5, 5.41) is 11.2. The molecular weight excluding hydrogens is 751 g/mol. The molecule has 0 saturated heterocycles. The Morgan fingerprint density at radius 2 is 0.726 bits per heavy atom. The molecule has 2 heteroatoms. The molecule has 290 valence electrons. The number of hydrogen-bond donors (Lipinski definition) is 0. The molecule has 0 aliphatic carbocycles. The van der Waals surface area contributed by atoms with Crippen LogP contribution in [0.3, 0.4) is 0 Å². The fourth-order valence-corrected chi connectivity index (χ4v) is 9.54. The Balaban J connectivity index is 1.01. The molecule has 0 unspecified atom stereocenters. The lowest BCUT2D eigenvalue weighted by atomic mass is 9.93. The number of anilines is 3. The van der Waals surface area contributed by atoms with Crippen molar-refractivity contribution >= 4 is 71.1 Å². The molecule has 0 radical (unpaired) electrons. The summed E-state index contributed by atoms with van der Waals surface area (Å²) in [7, 11) is 0. The third kappa shape index (κ3) is 6.04. The van der Waals surface area contributed by atoms with E-state index < -0.39 is 0 Å². The van der Waals surface area contributed by atoms with Crippen molar-refractivity contribution in [2.24, 2.45) is 0 Å². The first-order chi connectivity index (χ1) is 30.7. The number of fused-ring (bicyclic) bond motifs is 7. The third-order valence-corrected chi connectivity index (χ3v) is 12.4. The quantitative estimate of drug-likeness (QED) is 0.150. The molecule has 62 heavy (non-hydrogen) atoms. The van der Waals surface area contributed by atoms with Gasteiger partial charge in [0.25, 0.3) is 0 Å². The van der Waals surface area contributed by atoms with Crippen LogP contribution < -0.4 is 4.90 Å². The minimum atomic E-state index is 0.858. The Bertz CT molecular complexity index is 3460. The summed E-state index contributed by atoms with van der Waals surface area (Å²) >= 11 is 0. The number of hydrogen-bond acceptors (Lipinski definition) is 2. The van der Waals surface area contributed by atoms with Gasteiger partial charge in [-0.25, -0.2) is 0 Å². The zero-order valence-corrected chi connectivity index (χ0v) is 33.9. The van der Waals surface area contributed by atoms with Crippen LogP contribution >= 0.6 is 0 Å². The van der Waals surface area contributed by atoms with Crippen molar-refractivity contribution in [3.8, 4) is 44.7 Å². The van der Waals surface area contributed by atoms with Crippen LogP contribution in [-0.2, 0) is 0 Å². The smallest absolute Gasteiger partial charge is 0.143 e. The minimum absolute atomic E-state index is 0.858. The Hall–Kier alpha value is -8.20. The predicted molar refractivity (Wildman–Crippen MR) is 263 cm³/mol. The maximum atomic E-state index is 6.73. The summed E-state index contributed by atoms with van der Waals surface area (Å²) in [6.45, 7) is 0. The molecule has 1 heterocycles. The van der Waals surface area contributed by atoms with Crippen molar-refractivity contribution in [1.29, 1.82) is 0 Å². The highest BCUT2D eigenvalue weighted by molar-refractivity contribution is 6.15. The van der Waals surface area contributed by atoms with Gasteiger partial charge >= 0.3 is 0 Å². The van der Waals surface area contributed by atoms with Crippen LogP contribution in [0.4, 0.5) is 17.1 Å². The van der Waals surface area contributed by atoms with Crippen molar-refractivity contribution in [1.82, 2.24) is 0 Å². The van der Waals surface area contributed by atoms with Crippen LogP contribution in [0.5, 0.6) is 0 Å². The SMILES string of the molecule is c1ccc(-c2c(-c3cccc(N(c4ccc(-c5cc6ccccc6c6ccccc56)cc4)c4ccc(-c5cc6ccccc6c6ccccc56)cc4)c3)oc3ccccc23)cc1. The van der Waals surface area contributed by atoms with E-state index in [4.69, 9.17) is 4.42 Å². The lowest BCUT2D eigenvalue weighted by Crippen LogP contribution is -2.10. The Kier molecular flexibility index (Phi) is 8.53. The summed E-state index contributed by atoms with van der Waals surface area (Å²) < 4.78 is 6.73. The number of para-hydroxylation sites is 1. The van der Waals surface area contributed by atoms with Gasteiger partial charge in [0.1, 0.15) is 11.3 Å². The van der Waals surface area contributed by atoms with Crippen molar-refractivity contribution in [2.45, 2.75) is 0 Å². The largest absolute Gasteiger partial charge is 0.455 e. The molecule has 0 aliphatic heterocycles. The minimum Gasteiger partial charge on any atom is -0.455 e. The molecule has 12 rings (SSSR count). The summed E-state index contributed by atoms with van der Waals surface area (Å²) in [6.07, 6.45) is 0. The molecule has 1 aromatic heterocycles. The van der Waals surface area contributed by atoms with Crippen LogP contribution in [0.1, 0.15) is 0 Å². The van der Waals surface area contributed by atoms with E-state index in [-0.39, 0.29) is 0 Å². The van der Waals surface area contributed by atoms with E-state index >= 15 is 0 Å². The molecule has 0 aliphatic rings. The fraction of sp³-hybridized carbons (Fsp3) is 0. The average Bonchev–Trinajstić information content (AvgIpc) is 3.74. The lowest BCUT2D eigenvalue weighted by molar-refractivity contribution is 0.632. The molecule has 0 amide bonds. The van der Waals surface area contributed by atoms with Crippen molar-refractivity contribution in [3.05, 3.63) is 237 Å². The van der Waals surface area contributed by atoms with E-state index in [1.54, 1.807) is 0 Å². The van der Waals surface area contributed by atoms with Crippen LogP contribution in [0.25, 0.3) is 98.8 Å². The Morgan fingerprint density at radius 3 is 1.29 bits per heavy atom. The molecule has 11 aromatic carbocycles. The van der Waals surface area contributed by atoms with Crippen molar-refractivity contribution in [3.63, 3.8) is 0 Å². The van der Waals surface area contributed by atoms with Crippen LogP contribution in [0.2, 0.25) is 0 Å². The van der Waals surface area contributed by atoms with E-state index in [9.17, 15) is 0 Å². The molecule has 12 aromatic rings. The number of furan rings is 1. The molecule has 0 fully saturated rings. The van der Waals surface area contributed by atoms with E-state index in [1.165, 1.54) is 65.3 Å². The summed E-state index contributed by atoms with van der Waals surface area (Å²) in [5.74, 6) is 0.858. The van der Waals surface area contributed by atoms with E-state index in [0.717, 1.165) is 50.5 Å². The maximum Gasteiger partial charge on any atom is 0.143 e. The van der Waals surface area contributed by atoms with E-state index in [1.807, 2.05) is 6.07 Å². The first-order valence-electron chi connectivity index (χ1n) is 21.2. The highest BCUT2D eigenvalue weighted by atomic mass is 16.3. The van der Waals surface area contributed by atoms with Crippen LogP contribution in [-0.4, -0.2) is 0 Å². The molecule has 0 saturated carbocycles. The van der Waals surface area contributed by atoms with Gasteiger partial charge < -0.3 is 9.32 Å². The summed E-state index contributed by atoms with van der Waals surface area (Å²) in [4.78, 5) is 2.36. The number of benzene rings is 11. The van der Waals surface area contributed by atoms with Gasteiger partial charge in [-0.05, 0) is 126 Å². The van der Waals surface area contributed by atoms with Gasteiger partial charge in [0, 0.05) is 33.6 Å². The average molecular weight is 790 g/mol. The molecule has 0 bridgehead atoms. The number of rotatable bonds is 7. The number of nitrogens with zero attached hydrogens (tertiary/aromatic N) is 1. The lowest BCUT2D eigenvalue weighted by Gasteiger charge is -2.26. The first-order valence-corrected chi connectivity index (χ1v) is 21.2. The highest BCUT2D eigenvalue weighted by Gasteiger charge is 2.21. The van der Waals surface area contributed by atoms with Crippen molar-refractivity contribution in [2.75, 3.05) is 4.90 Å². The van der Waals surface area contributed by atoms with Gasteiger partial charge in [-0.15, -0.1) is 0 Å². The monoisotopic (exact) mass is 789 g/mol. The van der Waals surface area contributed by atoms with Gasteiger partial charge in [0.05, 0.1) is 0 Å². The summed E-state index contributed by atoms with van der Waals surface area (Å²) in [6, 6.07) is 85.3. The zero-order chi connectivity index (χ0) is 41.0. The zero-order valence-electron chi connectivity index (χ0n) is 33.9. The standard InChI is InChI=1S/C60H39NO/c1-2-15-42(16-3-1)59-55-27-12-13-28-58(55)62-60(59)45-19-14-20-48(37-45)61(46-33-29-40(30-34-46)56-38-43-17-4-6-21-49(43)51-23-8-10-25-53(51)56)47-35-31-41(32-36-47)57-39-44-18-5-7-22-50(44)52-24-9-11-26-54(52)57/h1-39H. The Morgan fingerprint density at radius 1 is 0.274 bits per heavy atom. The molecule has 2 nitrogen and oxygen atoms in total. The van der Waals surface area contributed by atoms with Gasteiger partial charge in [-0.3, -0.25) is 0 Å². The Labute approximate surface area is 360 Å². The molecule has 0 N–H and O–H groups in total. The van der Waals surface area contributed by atoms with Crippen molar-refractivity contribution < 1.29 is 4.42 Å². The maximum absolute atomic E-state index is 6.73.